The van der Waals surface area contributed by atoms with Crippen LogP contribution in [-0.2, 0) is 4.79 Å². The van der Waals surface area contributed by atoms with Crippen molar-refractivity contribution < 1.29 is 19.1 Å². The van der Waals surface area contributed by atoms with Gasteiger partial charge in [-0.1, -0.05) is 11.6 Å². The number of methoxy groups -OCH3 is 1. The van der Waals surface area contributed by atoms with Gasteiger partial charge in [0, 0.05) is 11.8 Å². The van der Waals surface area contributed by atoms with Crippen molar-refractivity contribution >= 4 is 17.4 Å². The van der Waals surface area contributed by atoms with Gasteiger partial charge in [0.05, 0.1) is 7.11 Å². The minimum absolute atomic E-state index is 0.0363. The predicted molar refractivity (Wildman–Crippen MR) is 71.3 cm³/mol. The summed E-state index contributed by atoms with van der Waals surface area (Å²) >= 11 is 0. The fourth-order valence-electron chi connectivity index (χ4n) is 2.21. The zero-order valence-corrected chi connectivity index (χ0v) is 11.0. The molecule has 0 spiro atoms. The number of carbonyl (C=O) groups excluding carboxylic acids is 1. The first kappa shape index (κ1) is 14.1. The summed E-state index contributed by atoms with van der Waals surface area (Å²) in [4.78, 5) is 12.3. The number of benzene rings is 1. The Labute approximate surface area is 115 Å². The number of nitrogens with one attached hydrogen (secondary N) is 1. The molecule has 1 aromatic carbocycles. The van der Waals surface area contributed by atoms with Gasteiger partial charge in [-0.2, -0.15) is 0 Å². The molecule has 4 N–H and O–H groups in total. The summed E-state index contributed by atoms with van der Waals surface area (Å²) in [5.41, 5.74) is 5.02. The van der Waals surface area contributed by atoms with Crippen LogP contribution in [0, 0.1) is 11.2 Å². The lowest BCUT2D eigenvalue weighted by atomic mass is 9.67. The van der Waals surface area contributed by atoms with Crippen LogP contribution in [-0.4, -0.2) is 24.1 Å². The first-order chi connectivity index (χ1) is 9.53. The summed E-state index contributed by atoms with van der Waals surface area (Å²) in [5, 5.41) is 14.4. The number of oxime groups is 1. The zero-order chi connectivity index (χ0) is 14.8. The van der Waals surface area contributed by atoms with Crippen LogP contribution in [0.15, 0.2) is 23.4 Å². The molecular formula is C13H16FN3O3. The van der Waals surface area contributed by atoms with Gasteiger partial charge in [-0.3, -0.25) is 4.79 Å². The van der Waals surface area contributed by atoms with Crippen molar-refractivity contribution in [2.45, 2.75) is 19.3 Å². The normalized spacial score (nSPS) is 17.2. The Kier molecular flexibility index (Phi) is 3.78. The average molecular weight is 281 g/mol. The fourth-order valence-corrected chi connectivity index (χ4v) is 2.21. The number of amidine groups is 1. The average Bonchev–Trinajstić information content (AvgIpc) is 2.39. The third kappa shape index (κ3) is 2.26. The monoisotopic (exact) mass is 281 g/mol. The number of nitrogens with two attached hydrogens (primary N) is 1. The minimum atomic E-state index is -0.976. The Hall–Kier alpha value is -2.31. The van der Waals surface area contributed by atoms with Gasteiger partial charge in [0.15, 0.2) is 17.4 Å². The smallest absolute Gasteiger partial charge is 0.238 e. The number of halogens is 1. The van der Waals surface area contributed by atoms with Crippen molar-refractivity contribution in [1.82, 2.24) is 0 Å². The van der Waals surface area contributed by atoms with E-state index >= 15 is 0 Å². The van der Waals surface area contributed by atoms with Gasteiger partial charge in [-0.25, -0.2) is 4.39 Å². The van der Waals surface area contributed by atoms with Crippen LogP contribution in [0.1, 0.15) is 19.3 Å². The first-order valence-electron chi connectivity index (χ1n) is 6.16. The van der Waals surface area contributed by atoms with E-state index in [9.17, 15) is 9.18 Å². The number of amides is 1. The third-order valence-electron chi connectivity index (χ3n) is 3.65. The maximum atomic E-state index is 13.3. The molecule has 0 heterocycles. The Morgan fingerprint density at radius 2 is 2.25 bits per heavy atom. The van der Waals surface area contributed by atoms with Gasteiger partial charge in [0.25, 0.3) is 0 Å². The molecule has 108 valence electrons. The highest BCUT2D eigenvalue weighted by atomic mass is 19.1. The molecule has 0 unspecified atom stereocenters. The van der Waals surface area contributed by atoms with Crippen LogP contribution in [0.3, 0.4) is 0 Å². The SMILES string of the molecule is COc1cc(NC(=O)C2(/C(N)=N/O)CCC2)ccc1F. The van der Waals surface area contributed by atoms with E-state index in [-0.39, 0.29) is 17.5 Å². The molecule has 0 saturated heterocycles. The second-order valence-corrected chi connectivity index (χ2v) is 4.72. The topological polar surface area (TPSA) is 96.9 Å². The number of ether oxygens (including phenoxy) is 1. The number of anilines is 1. The van der Waals surface area contributed by atoms with Gasteiger partial charge in [-0.05, 0) is 25.0 Å². The van der Waals surface area contributed by atoms with Crippen molar-refractivity contribution in [2.24, 2.45) is 16.3 Å². The maximum absolute atomic E-state index is 13.3. The molecule has 0 radical (unpaired) electrons. The molecule has 1 aliphatic rings. The third-order valence-corrected chi connectivity index (χ3v) is 3.65. The molecule has 7 heteroatoms. The minimum Gasteiger partial charge on any atom is -0.494 e. The molecule has 2 rings (SSSR count). The largest absolute Gasteiger partial charge is 0.494 e. The van der Waals surface area contributed by atoms with Crippen LogP contribution in [0.5, 0.6) is 5.75 Å². The van der Waals surface area contributed by atoms with Gasteiger partial charge in [0.1, 0.15) is 5.41 Å². The van der Waals surface area contributed by atoms with Gasteiger partial charge < -0.3 is 21.0 Å². The highest BCUT2D eigenvalue weighted by molar-refractivity contribution is 6.12. The van der Waals surface area contributed by atoms with E-state index in [1.54, 1.807) is 0 Å². The number of nitrogens with zero attached hydrogens (tertiary/aromatic N) is 1. The van der Waals surface area contributed by atoms with Crippen molar-refractivity contribution in [3.05, 3.63) is 24.0 Å². The second kappa shape index (κ2) is 5.36. The highest BCUT2D eigenvalue weighted by Gasteiger charge is 2.48. The van der Waals surface area contributed by atoms with E-state index in [1.807, 2.05) is 0 Å². The number of rotatable bonds is 4. The summed E-state index contributed by atoms with van der Waals surface area (Å²) in [5.74, 6) is -0.947. The molecule has 1 amide bonds. The highest BCUT2D eigenvalue weighted by Crippen LogP contribution is 2.42. The summed E-state index contributed by atoms with van der Waals surface area (Å²) in [6.07, 6.45) is 1.87. The van der Waals surface area contributed by atoms with Gasteiger partial charge in [0.2, 0.25) is 5.91 Å². The number of hydrogen-bond donors (Lipinski definition) is 3. The van der Waals surface area contributed by atoms with Crippen LogP contribution in [0.25, 0.3) is 0 Å². The van der Waals surface area contributed by atoms with Crippen LogP contribution < -0.4 is 15.8 Å². The van der Waals surface area contributed by atoms with Crippen molar-refractivity contribution in [2.75, 3.05) is 12.4 Å². The Bertz CT molecular complexity index is 556. The van der Waals surface area contributed by atoms with E-state index in [0.717, 1.165) is 6.42 Å². The van der Waals surface area contributed by atoms with Crippen LogP contribution in [0.4, 0.5) is 10.1 Å². The van der Waals surface area contributed by atoms with Gasteiger partial charge in [-0.15, -0.1) is 0 Å². The molecule has 1 fully saturated rings. The first-order valence-corrected chi connectivity index (χ1v) is 6.16. The Balaban J connectivity index is 2.19. The predicted octanol–water partition coefficient (Wildman–Crippen LogP) is 1.69. The van der Waals surface area contributed by atoms with Crippen LogP contribution >= 0.6 is 0 Å². The standard InChI is InChI=1S/C13H16FN3O3/c1-20-10-7-8(3-4-9(10)14)16-12(18)13(5-2-6-13)11(15)17-19/h3-4,7,19H,2,5-6H2,1H3,(H2,15,17)(H,16,18). The van der Waals surface area contributed by atoms with E-state index < -0.39 is 11.2 Å². The Morgan fingerprint density at radius 1 is 1.55 bits per heavy atom. The van der Waals surface area contributed by atoms with Gasteiger partial charge >= 0.3 is 0 Å². The fraction of sp³-hybridized carbons (Fsp3) is 0.385. The summed E-state index contributed by atoms with van der Waals surface area (Å²) in [7, 11) is 1.34. The summed E-state index contributed by atoms with van der Waals surface area (Å²) < 4.78 is 18.1. The zero-order valence-electron chi connectivity index (χ0n) is 11.0. The molecule has 0 aromatic heterocycles. The molecular weight excluding hydrogens is 265 g/mol. The van der Waals surface area contributed by atoms with E-state index in [2.05, 4.69) is 10.5 Å². The number of hydrogen-bond acceptors (Lipinski definition) is 4. The molecule has 0 aliphatic heterocycles. The summed E-state index contributed by atoms with van der Waals surface area (Å²) in [6.45, 7) is 0. The maximum Gasteiger partial charge on any atom is 0.238 e. The lowest BCUT2D eigenvalue weighted by Gasteiger charge is -2.38. The van der Waals surface area contributed by atoms with Crippen molar-refractivity contribution in [3.63, 3.8) is 0 Å². The van der Waals surface area contributed by atoms with Crippen molar-refractivity contribution in [1.29, 1.82) is 0 Å². The van der Waals surface area contributed by atoms with E-state index in [0.29, 0.717) is 18.5 Å². The molecule has 0 atom stereocenters. The second-order valence-electron chi connectivity index (χ2n) is 4.72. The molecule has 1 aromatic rings. The Morgan fingerprint density at radius 3 is 2.75 bits per heavy atom. The molecule has 1 aliphatic carbocycles. The van der Waals surface area contributed by atoms with E-state index in [1.165, 1.54) is 25.3 Å². The molecule has 6 nitrogen and oxygen atoms in total. The quantitative estimate of drug-likeness (QED) is 0.338. The molecule has 1 saturated carbocycles. The number of carbonyl (C=O) groups is 1. The summed E-state index contributed by atoms with van der Waals surface area (Å²) in [6, 6.07) is 4.01. The lowest BCUT2D eigenvalue weighted by molar-refractivity contribution is -0.125. The molecule has 20 heavy (non-hydrogen) atoms. The van der Waals surface area contributed by atoms with Crippen molar-refractivity contribution in [3.8, 4) is 5.75 Å². The van der Waals surface area contributed by atoms with Crippen LogP contribution in [0.2, 0.25) is 0 Å². The lowest BCUT2D eigenvalue weighted by Crippen LogP contribution is -2.51. The van der Waals surface area contributed by atoms with E-state index in [4.69, 9.17) is 15.7 Å². The molecule has 0 bridgehead atoms.